The van der Waals surface area contributed by atoms with Gasteiger partial charge in [0.1, 0.15) is 23.0 Å². The van der Waals surface area contributed by atoms with Crippen molar-refractivity contribution in [2.24, 2.45) is 17.3 Å². The van der Waals surface area contributed by atoms with Gasteiger partial charge in [-0.3, -0.25) is 0 Å². The Bertz CT molecular complexity index is 1870. The Morgan fingerprint density at radius 1 is 0.358 bits per heavy atom. The molecule has 0 spiro atoms. The van der Waals surface area contributed by atoms with Crippen LogP contribution in [-0.2, 0) is 102 Å². The summed E-state index contributed by atoms with van der Waals surface area (Å²) >= 11 is 0. The smallest absolute Gasteiger partial charge is 0.126 e. The molecule has 67 heavy (non-hydrogen) atoms. The second-order valence-corrected chi connectivity index (χ2v) is 19.6. The van der Waals surface area contributed by atoms with Crippen LogP contribution in [0, 0.1) is 17.3 Å². The number of hydrogen-bond donors (Lipinski definition) is 4. The molecule has 0 atom stereocenters. The number of hydrogen-bond acceptors (Lipinski definition) is 12. The number of phenolic OH excluding ortho intramolecular Hbond substituents is 4. The van der Waals surface area contributed by atoms with Crippen molar-refractivity contribution in [1.29, 1.82) is 0 Å². The molecule has 4 aromatic rings. The Balaban J connectivity index is 1.40. The predicted octanol–water partition coefficient (Wildman–Crippen LogP) is 10.4. The predicted molar refractivity (Wildman–Crippen MR) is 257 cm³/mol. The van der Waals surface area contributed by atoms with Gasteiger partial charge in [0, 0.05) is 112 Å². The molecule has 0 unspecified atom stereocenters. The molecule has 6 rings (SSSR count). The lowest BCUT2D eigenvalue weighted by atomic mass is 9.53. The first kappa shape index (κ1) is 52.1. The molecular formula is C55H76O12. The highest BCUT2D eigenvalue weighted by Gasteiger charge is 2.49. The van der Waals surface area contributed by atoms with E-state index in [1.54, 1.807) is 56.9 Å². The van der Waals surface area contributed by atoms with Crippen molar-refractivity contribution >= 4 is 0 Å². The molecule has 0 bridgehead atoms. The molecule has 12 nitrogen and oxygen atoms in total. The van der Waals surface area contributed by atoms with Gasteiger partial charge in [-0.2, -0.15) is 0 Å². The first-order valence-corrected chi connectivity index (χ1v) is 23.5. The molecule has 2 saturated carbocycles. The summed E-state index contributed by atoms with van der Waals surface area (Å²) in [5, 5.41) is 45.5. The van der Waals surface area contributed by atoms with Crippen LogP contribution in [0.4, 0.5) is 0 Å². The van der Waals surface area contributed by atoms with E-state index in [1.807, 2.05) is 0 Å². The van der Waals surface area contributed by atoms with E-state index in [0.717, 1.165) is 73.6 Å². The van der Waals surface area contributed by atoms with E-state index >= 15 is 0 Å². The monoisotopic (exact) mass is 929 g/mol. The summed E-state index contributed by atoms with van der Waals surface area (Å²) in [6, 6.07) is 16.8. The number of phenols is 4. The van der Waals surface area contributed by atoms with Gasteiger partial charge in [-0.25, -0.2) is 0 Å². The van der Waals surface area contributed by atoms with Crippen molar-refractivity contribution in [3.05, 3.63) is 115 Å². The van der Waals surface area contributed by atoms with Gasteiger partial charge in [0.25, 0.3) is 0 Å². The lowest BCUT2D eigenvalue weighted by molar-refractivity contribution is 0.0363. The van der Waals surface area contributed by atoms with Crippen molar-refractivity contribution in [1.82, 2.24) is 0 Å². The van der Waals surface area contributed by atoms with Gasteiger partial charge < -0.3 is 58.3 Å². The highest BCUT2D eigenvalue weighted by atomic mass is 16.5. The van der Waals surface area contributed by atoms with Gasteiger partial charge in [-0.05, 0) is 139 Å². The average Bonchev–Trinajstić information content (AvgIpc) is 3.32. The Labute approximate surface area is 398 Å². The second-order valence-electron chi connectivity index (χ2n) is 19.6. The first-order chi connectivity index (χ1) is 32.2. The molecular weight excluding hydrogens is 853 g/mol. The molecule has 2 aliphatic rings. The number of methoxy groups -OCH3 is 8. The number of benzene rings is 4. The lowest BCUT2D eigenvalue weighted by Gasteiger charge is -2.52. The summed E-state index contributed by atoms with van der Waals surface area (Å²) in [5.74, 6) is 1.56. The molecule has 4 aromatic carbocycles. The standard InChI is InChI=1S/C55H76O12/c1-53(2,43-11-15-54(16-12-43,45-19-35(27-60-3)49(56)36(20-45)28-61-4)46-21-37(29-62-5)50(57)38(22-46)30-63-6)44-13-17-55(18-14-44,47-23-39(31-64-7)51(58)40(24-47)32-65-8)48-25-41(33-66-9)52(59)42(26-48)34-67-10/h19-26,43-44,56-59H,11-18,27-34H2,1-10H3. The summed E-state index contributed by atoms with van der Waals surface area (Å²) in [6.45, 7) is 6.94. The first-order valence-electron chi connectivity index (χ1n) is 23.5. The summed E-state index contributed by atoms with van der Waals surface area (Å²) in [6.07, 6.45) is 7.25. The molecule has 0 saturated heterocycles. The van der Waals surface area contributed by atoms with Crippen molar-refractivity contribution < 1.29 is 58.3 Å². The molecule has 12 heteroatoms. The maximum atomic E-state index is 11.4. The van der Waals surface area contributed by atoms with Crippen LogP contribution in [-0.4, -0.2) is 77.3 Å². The van der Waals surface area contributed by atoms with E-state index in [9.17, 15) is 20.4 Å². The Hall–Kier alpha value is -4.24. The number of rotatable bonds is 22. The zero-order chi connectivity index (χ0) is 48.5. The summed E-state index contributed by atoms with van der Waals surface area (Å²) in [7, 11) is 13.1. The number of aromatic hydroxyl groups is 4. The van der Waals surface area contributed by atoms with Crippen molar-refractivity contribution in [3.8, 4) is 23.0 Å². The zero-order valence-electron chi connectivity index (χ0n) is 41.6. The van der Waals surface area contributed by atoms with Gasteiger partial charge in [-0.15, -0.1) is 0 Å². The molecule has 0 heterocycles. The number of ether oxygens (including phenoxy) is 8. The summed E-state index contributed by atoms with van der Waals surface area (Å²) in [4.78, 5) is 0. The highest BCUT2D eigenvalue weighted by Crippen LogP contribution is 2.58. The fourth-order valence-electron chi connectivity index (χ4n) is 11.8. The third kappa shape index (κ3) is 10.7. The van der Waals surface area contributed by atoms with Crippen molar-refractivity contribution in [2.45, 2.75) is 129 Å². The second kappa shape index (κ2) is 22.9. The summed E-state index contributed by atoms with van der Waals surface area (Å²) < 4.78 is 44.8. The van der Waals surface area contributed by atoms with Crippen molar-refractivity contribution in [3.63, 3.8) is 0 Å². The van der Waals surface area contributed by atoms with E-state index in [-0.39, 0.29) is 81.3 Å². The van der Waals surface area contributed by atoms with Crippen LogP contribution in [0.1, 0.15) is 132 Å². The molecule has 368 valence electrons. The van der Waals surface area contributed by atoms with Crippen LogP contribution in [0.25, 0.3) is 0 Å². The van der Waals surface area contributed by atoms with Gasteiger partial charge in [-0.1, -0.05) is 13.8 Å². The van der Waals surface area contributed by atoms with Crippen LogP contribution < -0.4 is 0 Å². The minimum Gasteiger partial charge on any atom is -0.507 e. The average molecular weight is 929 g/mol. The molecule has 2 fully saturated rings. The Morgan fingerprint density at radius 3 is 0.672 bits per heavy atom. The molecule has 0 aliphatic heterocycles. The van der Waals surface area contributed by atoms with Crippen molar-refractivity contribution in [2.75, 3.05) is 56.9 Å². The van der Waals surface area contributed by atoms with E-state index in [0.29, 0.717) is 56.3 Å². The topological polar surface area (TPSA) is 155 Å². The minimum atomic E-state index is -0.455. The lowest BCUT2D eigenvalue weighted by Crippen LogP contribution is -2.43. The normalized spacial score (nSPS) is 16.7. The van der Waals surface area contributed by atoms with Crippen LogP contribution in [0.15, 0.2) is 48.5 Å². The molecule has 0 radical (unpaired) electrons. The van der Waals surface area contributed by atoms with E-state index in [2.05, 4.69) is 62.4 Å². The molecule has 2 aliphatic carbocycles. The fourth-order valence-corrected chi connectivity index (χ4v) is 11.8. The highest BCUT2D eigenvalue weighted by molar-refractivity contribution is 5.55. The molecule has 4 N–H and O–H groups in total. The third-order valence-electron chi connectivity index (χ3n) is 15.5. The Morgan fingerprint density at radius 2 is 0.522 bits per heavy atom. The summed E-state index contributed by atoms with van der Waals surface area (Å²) in [5.41, 5.74) is 9.10. The van der Waals surface area contributed by atoms with E-state index < -0.39 is 10.8 Å². The van der Waals surface area contributed by atoms with Gasteiger partial charge in [0.05, 0.1) is 52.9 Å². The fraction of sp³-hybridized carbons (Fsp3) is 0.564. The maximum absolute atomic E-state index is 11.4. The molecule has 0 amide bonds. The van der Waals surface area contributed by atoms with Gasteiger partial charge >= 0.3 is 0 Å². The van der Waals surface area contributed by atoms with Crippen LogP contribution in [0.5, 0.6) is 23.0 Å². The van der Waals surface area contributed by atoms with Crippen LogP contribution in [0.2, 0.25) is 0 Å². The van der Waals surface area contributed by atoms with E-state index in [1.165, 1.54) is 0 Å². The van der Waals surface area contributed by atoms with Gasteiger partial charge in [0.15, 0.2) is 0 Å². The third-order valence-corrected chi connectivity index (χ3v) is 15.5. The maximum Gasteiger partial charge on any atom is 0.126 e. The van der Waals surface area contributed by atoms with Gasteiger partial charge in [0.2, 0.25) is 0 Å². The zero-order valence-corrected chi connectivity index (χ0v) is 41.6. The Kier molecular flexibility index (Phi) is 17.8. The molecule has 0 aromatic heterocycles. The largest absolute Gasteiger partial charge is 0.507 e. The minimum absolute atomic E-state index is 0.0260. The van der Waals surface area contributed by atoms with Crippen LogP contribution >= 0.6 is 0 Å². The van der Waals surface area contributed by atoms with E-state index in [4.69, 9.17) is 37.9 Å². The van der Waals surface area contributed by atoms with Crippen LogP contribution in [0.3, 0.4) is 0 Å². The SMILES string of the molecule is COCc1cc(C2(c3cc(COC)c(O)c(COC)c3)CCC(C(C)(C)C3CCC(c4cc(COC)c(O)c(COC)c4)(c4cc(COC)c(O)c(COC)c4)CC3)CC2)cc(COC)c1O. The quantitative estimate of drug-likeness (QED) is 0.0593.